The fourth-order valence-corrected chi connectivity index (χ4v) is 2.37. The monoisotopic (exact) mass is 332 g/mol. The predicted octanol–water partition coefficient (Wildman–Crippen LogP) is 3.61. The van der Waals surface area contributed by atoms with Crippen molar-refractivity contribution in [3.05, 3.63) is 35.4 Å². The van der Waals surface area contributed by atoms with Gasteiger partial charge in [0.2, 0.25) is 11.8 Å². The highest BCUT2D eigenvalue weighted by Crippen LogP contribution is 2.16. The average Bonchev–Trinajstić information content (AvgIpc) is 2.46. The van der Waals surface area contributed by atoms with Gasteiger partial charge in [-0.2, -0.15) is 0 Å². The molecule has 134 valence electrons. The summed E-state index contributed by atoms with van der Waals surface area (Å²) in [6, 6.07) is 8.36. The molecule has 1 aromatic carbocycles. The molecule has 0 heterocycles. The molecule has 4 nitrogen and oxygen atoms in total. The van der Waals surface area contributed by atoms with Crippen LogP contribution in [0.15, 0.2) is 24.3 Å². The number of hydrogen-bond donors (Lipinski definition) is 2. The molecule has 24 heavy (non-hydrogen) atoms. The van der Waals surface area contributed by atoms with E-state index < -0.39 is 5.41 Å². The molecule has 1 unspecified atom stereocenters. The van der Waals surface area contributed by atoms with Crippen molar-refractivity contribution in [3.63, 3.8) is 0 Å². The van der Waals surface area contributed by atoms with Crippen LogP contribution in [-0.4, -0.2) is 18.4 Å². The highest BCUT2D eigenvalue weighted by molar-refractivity contribution is 5.82. The summed E-state index contributed by atoms with van der Waals surface area (Å²) in [5.41, 5.74) is 1.98. The lowest BCUT2D eigenvalue weighted by Gasteiger charge is -2.18. The van der Waals surface area contributed by atoms with Gasteiger partial charge in [0, 0.05) is 18.4 Å². The van der Waals surface area contributed by atoms with Gasteiger partial charge < -0.3 is 10.6 Å². The number of hydrogen-bond acceptors (Lipinski definition) is 2. The van der Waals surface area contributed by atoms with Gasteiger partial charge >= 0.3 is 0 Å². The molecule has 4 heteroatoms. The van der Waals surface area contributed by atoms with E-state index in [0.717, 1.165) is 12.0 Å². The van der Waals surface area contributed by atoms with Gasteiger partial charge in [0.1, 0.15) is 0 Å². The molecule has 0 aliphatic rings. The van der Waals surface area contributed by atoms with Gasteiger partial charge in [0.05, 0.1) is 6.04 Å². The molecule has 1 aromatic rings. The third kappa shape index (κ3) is 7.16. The molecule has 1 atom stereocenters. The Kier molecular flexibility index (Phi) is 7.46. The standard InChI is InChI=1S/C20H32N2O2/c1-14(2)13-16-7-9-17(10-8-16)15(3)22-18(23)11-12-21-19(24)20(4,5)6/h7-10,14-15H,11-13H2,1-6H3,(H,21,24)(H,22,23). The van der Waals surface area contributed by atoms with Crippen LogP contribution in [0.4, 0.5) is 0 Å². The van der Waals surface area contributed by atoms with Gasteiger partial charge in [-0.25, -0.2) is 0 Å². The quantitative estimate of drug-likeness (QED) is 0.801. The molecule has 0 saturated carbocycles. The van der Waals surface area contributed by atoms with Crippen LogP contribution in [0.25, 0.3) is 0 Å². The lowest BCUT2D eigenvalue weighted by Crippen LogP contribution is -2.37. The summed E-state index contributed by atoms with van der Waals surface area (Å²) in [5, 5.41) is 5.77. The van der Waals surface area contributed by atoms with E-state index in [2.05, 4.69) is 48.7 Å². The first-order valence-electron chi connectivity index (χ1n) is 8.76. The van der Waals surface area contributed by atoms with E-state index in [-0.39, 0.29) is 24.3 Å². The van der Waals surface area contributed by atoms with Gasteiger partial charge in [-0.15, -0.1) is 0 Å². The van der Waals surface area contributed by atoms with Crippen LogP contribution in [0.2, 0.25) is 0 Å². The lowest BCUT2D eigenvalue weighted by molar-refractivity contribution is -0.128. The van der Waals surface area contributed by atoms with Gasteiger partial charge in [-0.3, -0.25) is 9.59 Å². The number of benzene rings is 1. The molecule has 0 aromatic heterocycles. The first kappa shape index (κ1) is 20.2. The molecule has 0 aliphatic carbocycles. The van der Waals surface area contributed by atoms with Crippen molar-refractivity contribution in [2.24, 2.45) is 11.3 Å². The van der Waals surface area contributed by atoms with Crippen LogP contribution < -0.4 is 10.6 Å². The molecule has 0 fully saturated rings. The summed E-state index contributed by atoms with van der Waals surface area (Å²) in [5.74, 6) is 0.545. The summed E-state index contributed by atoms with van der Waals surface area (Å²) in [7, 11) is 0. The largest absolute Gasteiger partial charge is 0.355 e. The van der Waals surface area contributed by atoms with Crippen molar-refractivity contribution in [3.8, 4) is 0 Å². The first-order chi connectivity index (χ1) is 11.1. The van der Waals surface area contributed by atoms with Crippen LogP contribution in [-0.2, 0) is 16.0 Å². The van der Waals surface area contributed by atoms with Crippen molar-refractivity contribution in [2.45, 2.75) is 60.4 Å². The van der Waals surface area contributed by atoms with E-state index in [1.165, 1.54) is 5.56 Å². The number of rotatable bonds is 7. The number of nitrogens with one attached hydrogen (secondary N) is 2. The summed E-state index contributed by atoms with van der Waals surface area (Å²) < 4.78 is 0. The molecule has 0 saturated heterocycles. The van der Waals surface area contributed by atoms with Crippen molar-refractivity contribution >= 4 is 11.8 Å². The summed E-state index contributed by atoms with van der Waals surface area (Å²) >= 11 is 0. The minimum atomic E-state index is -0.429. The van der Waals surface area contributed by atoms with E-state index in [4.69, 9.17) is 0 Å². The third-order valence-corrected chi connectivity index (χ3v) is 3.82. The minimum absolute atomic E-state index is 0.0379. The molecular formula is C20H32N2O2. The molecule has 0 aliphatic heterocycles. The van der Waals surface area contributed by atoms with E-state index in [0.29, 0.717) is 12.5 Å². The molecule has 0 bridgehead atoms. The van der Waals surface area contributed by atoms with E-state index >= 15 is 0 Å². The van der Waals surface area contributed by atoms with E-state index in [9.17, 15) is 9.59 Å². The second kappa shape index (κ2) is 8.86. The summed E-state index contributed by atoms with van der Waals surface area (Å²) in [4.78, 5) is 23.8. The Morgan fingerprint density at radius 3 is 2.12 bits per heavy atom. The van der Waals surface area contributed by atoms with Crippen LogP contribution in [0.3, 0.4) is 0 Å². The molecule has 0 spiro atoms. The Bertz CT molecular complexity index is 542. The Morgan fingerprint density at radius 2 is 1.62 bits per heavy atom. The normalized spacial score (nSPS) is 12.8. The Morgan fingerprint density at radius 1 is 1.04 bits per heavy atom. The fourth-order valence-electron chi connectivity index (χ4n) is 2.37. The van der Waals surface area contributed by atoms with Crippen molar-refractivity contribution in [2.75, 3.05) is 6.54 Å². The first-order valence-corrected chi connectivity index (χ1v) is 8.76. The lowest BCUT2D eigenvalue weighted by atomic mass is 9.96. The Labute approximate surface area is 146 Å². The third-order valence-electron chi connectivity index (χ3n) is 3.82. The van der Waals surface area contributed by atoms with Crippen LogP contribution >= 0.6 is 0 Å². The smallest absolute Gasteiger partial charge is 0.225 e. The molecule has 0 radical (unpaired) electrons. The second-order valence-corrected chi connectivity index (χ2v) is 7.88. The maximum atomic E-state index is 12.0. The second-order valence-electron chi connectivity index (χ2n) is 7.88. The number of carbonyl (C=O) groups excluding carboxylic acids is 2. The predicted molar refractivity (Wildman–Crippen MR) is 98.6 cm³/mol. The van der Waals surface area contributed by atoms with E-state index in [1.807, 2.05) is 27.7 Å². The number of carbonyl (C=O) groups is 2. The summed E-state index contributed by atoms with van der Waals surface area (Å²) in [6.07, 6.45) is 1.35. The van der Waals surface area contributed by atoms with Gasteiger partial charge in [-0.05, 0) is 30.4 Å². The number of amides is 2. The van der Waals surface area contributed by atoms with Crippen molar-refractivity contribution in [1.29, 1.82) is 0 Å². The SMILES string of the molecule is CC(C)Cc1ccc(C(C)NC(=O)CCNC(=O)C(C)(C)C)cc1. The highest BCUT2D eigenvalue weighted by atomic mass is 16.2. The molecular weight excluding hydrogens is 300 g/mol. The maximum Gasteiger partial charge on any atom is 0.225 e. The summed E-state index contributed by atoms with van der Waals surface area (Å²) in [6.45, 7) is 12.3. The van der Waals surface area contributed by atoms with Crippen LogP contribution in [0.5, 0.6) is 0 Å². The zero-order chi connectivity index (χ0) is 18.3. The molecule has 1 rings (SSSR count). The minimum Gasteiger partial charge on any atom is -0.355 e. The van der Waals surface area contributed by atoms with Crippen molar-refractivity contribution in [1.82, 2.24) is 10.6 Å². The maximum absolute atomic E-state index is 12.0. The Balaban J connectivity index is 2.42. The van der Waals surface area contributed by atoms with Gasteiger partial charge in [0.15, 0.2) is 0 Å². The van der Waals surface area contributed by atoms with Crippen LogP contribution in [0, 0.1) is 11.3 Å². The van der Waals surface area contributed by atoms with E-state index in [1.54, 1.807) is 0 Å². The molecule has 2 N–H and O–H groups in total. The average molecular weight is 332 g/mol. The van der Waals surface area contributed by atoms with Crippen LogP contribution in [0.1, 0.15) is 65.1 Å². The van der Waals surface area contributed by atoms with Crippen molar-refractivity contribution < 1.29 is 9.59 Å². The van der Waals surface area contributed by atoms with Gasteiger partial charge in [-0.1, -0.05) is 58.9 Å². The topological polar surface area (TPSA) is 58.2 Å². The fraction of sp³-hybridized carbons (Fsp3) is 0.600. The zero-order valence-electron chi connectivity index (χ0n) is 15.9. The Hall–Kier alpha value is -1.84. The highest BCUT2D eigenvalue weighted by Gasteiger charge is 2.20. The van der Waals surface area contributed by atoms with Gasteiger partial charge in [0.25, 0.3) is 0 Å². The zero-order valence-corrected chi connectivity index (χ0v) is 15.9. The molecule has 2 amide bonds.